The maximum absolute atomic E-state index is 12.3. The van der Waals surface area contributed by atoms with Crippen LogP contribution in [0.15, 0.2) is 77.3 Å². The van der Waals surface area contributed by atoms with Gasteiger partial charge in [-0.05, 0) is 53.1 Å². The number of rotatable bonds is 5. The van der Waals surface area contributed by atoms with Crippen LogP contribution in [-0.4, -0.2) is 20.6 Å². The summed E-state index contributed by atoms with van der Waals surface area (Å²) in [6, 6.07) is 21.6. The summed E-state index contributed by atoms with van der Waals surface area (Å²) in [5, 5.41) is 0. The summed E-state index contributed by atoms with van der Waals surface area (Å²) in [5.74, 6) is -0.216. The second-order valence-corrected chi connectivity index (χ2v) is 9.25. The SMILES string of the molecule is CS(=O)(=O)Cc1cccc(C(=O)Oc2ccc(-c3ccc(Br)cc3)cc2)c1. The van der Waals surface area contributed by atoms with Gasteiger partial charge in [-0.2, -0.15) is 0 Å². The maximum atomic E-state index is 12.3. The first-order chi connectivity index (χ1) is 12.8. The van der Waals surface area contributed by atoms with Crippen molar-refractivity contribution in [3.8, 4) is 16.9 Å². The molecule has 0 heterocycles. The molecule has 3 rings (SSSR count). The quantitative estimate of drug-likeness (QED) is 0.415. The number of benzene rings is 3. The molecule has 0 atom stereocenters. The number of carbonyl (C=O) groups excluding carboxylic acids is 1. The van der Waals surface area contributed by atoms with Gasteiger partial charge >= 0.3 is 5.97 Å². The smallest absolute Gasteiger partial charge is 0.343 e. The van der Waals surface area contributed by atoms with E-state index in [0.717, 1.165) is 21.9 Å². The summed E-state index contributed by atoms with van der Waals surface area (Å²) in [6.45, 7) is 0. The third-order valence-corrected chi connectivity index (χ3v) is 5.22. The molecule has 138 valence electrons. The van der Waals surface area contributed by atoms with Crippen molar-refractivity contribution in [3.05, 3.63) is 88.4 Å². The molecule has 0 unspecified atom stereocenters. The third-order valence-electron chi connectivity index (χ3n) is 3.83. The Morgan fingerprint density at radius 2 is 1.52 bits per heavy atom. The van der Waals surface area contributed by atoms with Crippen LogP contribution >= 0.6 is 15.9 Å². The summed E-state index contributed by atoms with van der Waals surface area (Å²) < 4.78 is 29.3. The van der Waals surface area contributed by atoms with Crippen molar-refractivity contribution < 1.29 is 17.9 Å². The Bertz CT molecular complexity index is 1060. The van der Waals surface area contributed by atoms with Crippen LogP contribution in [0.1, 0.15) is 15.9 Å². The lowest BCUT2D eigenvalue weighted by Crippen LogP contribution is -2.09. The minimum absolute atomic E-state index is 0.115. The zero-order valence-corrected chi connectivity index (χ0v) is 17.0. The molecular formula is C21H17BrO4S. The van der Waals surface area contributed by atoms with Crippen molar-refractivity contribution >= 4 is 31.7 Å². The molecule has 0 N–H and O–H groups in total. The van der Waals surface area contributed by atoms with Crippen LogP contribution in [-0.2, 0) is 15.6 Å². The van der Waals surface area contributed by atoms with E-state index in [9.17, 15) is 13.2 Å². The molecule has 0 aliphatic rings. The Morgan fingerprint density at radius 1 is 0.926 bits per heavy atom. The van der Waals surface area contributed by atoms with Crippen LogP contribution in [0.5, 0.6) is 5.75 Å². The summed E-state index contributed by atoms with van der Waals surface area (Å²) in [4.78, 5) is 12.3. The van der Waals surface area contributed by atoms with Gasteiger partial charge in [0.2, 0.25) is 0 Å². The minimum atomic E-state index is -3.17. The lowest BCUT2D eigenvalue weighted by Gasteiger charge is -2.07. The number of halogens is 1. The Morgan fingerprint density at radius 3 is 2.11 bits per heavy atom. The monoisotopic (exact) mass is 444 g/mol. The van der Waals surface area contributed by atoms with Gasteiger partial charge in [-0.1, -0.05) is 52.3 Å². The van der Waals surface area contributed by atoms with Crippen molar-refractivity contribution in [2.45, 2.75) is 5.75 Å². The van der Waals surface area contributed by atoms with Gasteiger partial charge < -0.3 is 4.74 Å². The predicted molar refractivity (Wildman–Crippen MR) is 110 cm³/mol. The van der Waals surface area contributed by atoms with Crippen LogP contribution in [0.3, 0.4) is 0 Å². The molecule has 6 heteroatoms. The van der Waals surface area contributed by atoms with E-state index in [4.69, 9.17) is 4.74 Å². The second-order valence-electron chi connectivity index (χ2n) is 6.19. The van der Waals surface area contributed by atoms with E-state index in [0.29, 0.717) is 16.9 Å². The number of hydrogen-bond donors (Lipinski definition) is 0. The number of ether oxygens (including phenoxy) is 1. The summed E-state index contributed by atoms with van der Waals surface area (Å²) in [6.07, 6.45) is 1.16. The van der Waals surface area contributed by atoms with E-state index in [-0.39, 0.29) is 5.75 Å². The van der Waals surface area contributed by atoms with Crippen LogP contribution in [0, 0.1) is 0 Å². The van der Waals surface area contributed by atoms with Gasteiger partial charge in [0.05, 0.1) is 11.3 Å². The number of esters is 1. The first kappa shape index (κ1) is 19.3. The van der Waals surface area contributed by atoms with Crippen LogP contribution in [0.2, 0.25) is 0 Å². The van der Waals surface area contributed by atoms with Crippen molar-refractivity contribution in [2.24, 2.45) is 0 Å². The van der Waals surface area contributed by atoms with Gasteiger partial charge in [0, 0.05) is 10.7 Å². The Hall–Kier alpha value is -2.44. The van der Waals surface area contributed by atoms with Crippen LogP contribution in [0.25, 0.3) is 11.1 Å². The molecule has 0 amide bonds. The molecular weight excluding hydrogens is 428 g/mol. The van der Waals surface area contributed by atoms with E-state index in [2.05, 4.69) is 15.9 Å². The fourth-order valence-electron chi connectivity index (χ4n) is 2.61. The topological polar surface area (TPSA) is 60.4 Å². The average Bonchev–Trinajstić information content (AvgIpc) is 2.62. The predicted octanol–water partition coefficient (Wildman–Crippen LogP) is 4.88. The number of sulfone groups is 1. The minimum Gasteiger partial charge on any atom is -0.423 e. The highest BCUT2D eigenvalue weighted by atomic mass is 79.9. The molecule has 0 saturated heterocycles. The molecule has 0 fully saturated rings. The molecule has 0 radical (unpaired) electrons. The lowest BCUT2D eigenvalue weighted by atomic mass is 10.1. The largest absolute Gasteiger partial charge is 0.423 e. The Kier molecular flexibility index (Phi) is 5.77. The molecule has 0 aliphatic heterocycles. The number of carbonyl (C=O) groups is 1. The van der Waals surface area contributed by atoms with Crippen molar-refractivity contribution in [1.29, 1.82) is 0 Å². The van der Waals surface area contributed by atoms with Gasteiger partial charge in [-0.15, -0.1) is 0 Å². The maximum Gasteiger partial charge on any atom is 0.343 e. The van der Waals surface area contributed by atoms with Crippen molar-refractivity contribution in [3.63, 3.8) is 0 Å². The van der Waals surface area contributed by atoms with E-state index < -0.39 is 15.8 Å². The van der Waals surface area contributed by atoms with Crippen molar-refractivity contribution in [1.82, 2.24) is 0 Å². The summed E-state index contributed by atoms with van der Waals surface area (Å²) >= 11 is 3.41. The Balaban J connectivity index is 1.72. The van der Waals surface area contributed by atoms with Gasteiger partial charge in [0.1, 0.15) is 5.75 Å². The molecule has 4 nitrogen and oxygen atoms in total. The zero-order chi connectivity index (χ0) is 19.4. The van der Waals surface area contributed by atoms with Gasteiger partial charge in [-0.3, -0.25) is 0 Å². The van der Waals surface area contributed by atoms with Gasteiger partial charge in [0.25, 0.3) is 0 Å². The standard InChI is InChI=1S/C21H17BrO4S/c1-27(24,25)14-15-3-2-4-18(13-15)21(23)26-20-11-7-17(8-12-20)16-5-9-19(22)10-6-16/h2-13H,14H2,1H3. The fraction of sp³-hybridized carbons (Fsp3) is 0.0952. The van der Waals surface area contributed by atoms with Crippen LogP contribution in [0.4, 0.5) is 0 Å². The molecule has 0 aliphatic carbocycles. The molecule has 3 aromatic rings. The molecule has 0 saturated carbocycles. The van der Waals surface area contributed by atoms with Crippen LogP contribution < -0.4 is 4.74 Å². The van der Waals surface area contributed by atoms with E-state index >= 15 is 0 Å². The fourth-order valence-corrected chi connectivity index (χ4v) is 3.66. The van der Waals surface area contributed by atoms with E-state index in [1.807, 2.05) is 36.4 Å². The Labute approximate surface area is 166 Å². The third kappa shape index (κ3) is 5.52. The first-order valence-corrected chi connectivity index (χ1v) is 11.0. The molecule has 0 bridgehead atoms. The van der Waals surface area contributed by atoms with E-state index in [1.54, 1.807) is 36.4 Å². The second kappa shape index (κ2) is 8.06. The molecule has 3 aromatic carbocycles. The van der Waals surface area contributed by atoms with Gasteiger partial charge in [0.15, 0.2) is 9.84 Å². The summed E-state index contributed by atoms with van der Waals surface area (Å²) in [7, 11) is -3.17. The highest BCUT2D eigenvalue weighted by Crippen LogP contribution is 2.24. The van der Waals surface area contributed by atoms with Crippen molar-refractivity contribution in [2.75, 3.05) is 6.26 Å². The molecule has 0 aromatic heterocycles. The van der Waals surface area contributed by atoms with E-state index in [1.165, 1.54) is 0 Å². The lowest BCUT2D eigenvalue weighted by molar-refractivity contribution is 0.0734. The average molecular weight is 445 g/mol. The zero-order valence-electron chi connectivity index (χ0n) is 14.6. The summed E-state index contributed by atoms with van der Waals surface area (Å²) in [5.41, 5.74) is 2.94. The van der Waals surface area contributed by atoms with Gasteiger partial charge in [-0.25, -0.2) is 13.2 Å². The normalized spacial score (nSPS) is 11.2. The highest BCUT2D eigenvalue weighted by Gasteiger charge is 2.11. The molecule has 0 spiro atoms. The number of hydrogen-bond acceptors (Lipinski definition) is 4. The molecule has 27 heavy (non-hydrogen) atoms. The first-order valence-electron chi connectivity index (χ1n) is 8.15. The highest BCUT2D eigenvalue weighted by molar-refractivity contribution is 9.10.